The van der Waals surface area contributed by atoms with Gasteiger partial charge in [0.2, 0.25) is 5.91 Å². The predicted octanol–water partition coefficient (Wildman–Crippen LogP) is 3.91. The number of nitro benzene ring substituents is 1. The zero-order chi connectivity index (χ0) is 18.0. The van der Waals surface area contributed by atoms with Gasteiger partial charge in [0.25, 0.3) is 5.69 Å². The van der Waals surface area contributed by atoms with E-state index in [2.05, 4.69) is 28.6 Å². The molecule has 132 valence electrons. The highest BCUT2D eigenvalue weighted by molar-refractivity contribution is 7.10. The Labute approximate surface area is 150 Å². The molecular formula is C18H21N3O3S. The van der Waals surface area contributed by atoms with Crippen molar-refractivity contribution in [1.82, 2.24) is 4.90 Å². The predicted molar refractivity (Wildman–Crippen MR) is 99.1 cm³/mol. The molecule has 1 aromatic heterocycles. The third kappa shape index (κ3) is 3.72. The van der Waals surface area contributed by atoms with Crippen LogP contribution in [-0.4, -0.2) is 28.8 Å². The normalized spacial score (nSPS) is 17.1. The third-order valence-corrected chi connectivity index (χ3v) is 5.56. The summed E-state index contributed by atoms with van der Waals surface area (Å²) >= 11 is 1.77. The molecule has 1 N–H and O–H groups in total. The van der Waals surface area contributed by atoms with E-state index in [0.717, 1.165) is 24.9 Å². The van der Waals surface area contributed by atoms with Gasteiger partial charge in [-0.3, -0.25) is 19.8 Å². The van der Waals surface area contributed by atoms with Gasteiger partial charge in [0.15, 0.2) is 0 Å². The number of nitrogens with one attached hydrogen (secondary N) is 1. The lowest BCUT2D eigenvalue weighted by Crippen LogP contribution is -2.40. The molecule has 1 aliphatic rings. The van der Waals surface area contributed by atoms with Crippen molar-refractivity contribution >= 4 is 28.6 Å². The van der Waals surface area contributed by atoms with Gasteiger partial charge in [-0.15, -0.1) is 11.3 Å². The highest BCUT2D eigenvalue weighted by atomic mass is 32.1. The number of benzene rings is 1. The van der Waals surface area contributed by atoms with Crippen LogP contribution in [0.3, 0.4) is 0 Å². The SMILES string of the molecule is CCC1c2ccsc2CCN1CC(=O)Nc1ccc(C)cc1[N+](=O)[O-]. The highest BCUT2D eigenvalue weighted by Gasteiger charge is 2.28. The van der Waals surface area contributed by atoms with Crippen LogP contribution in [0.2, 0.25) is 0 Å². The monoisotopic (exact) mass is 359 g/mol. The summed E-state index contributed by atoms with van der Waals surface area (Å²) in [6.45, 7) is 4.97. The summed E-state index contributed by atoms with van der Waals surface area (Å²) in [5.74, 6) is -0.218. The molecule has 2 heterocycles. The van der Waals surface area contributed by atoms with E-state index in [-0.39, 0.29) is 29.9 Å². The van der Waals surface area contributed by atoms with Crippen molar-refractivity contribution in [2.24, 2.45) is 0 Å². The molecular weight excluding hydrogens is 338 g/mol. The molecule has 0 fully saturated rings. The lowest BCUT2D eigenvalue weighted by Gasteiger charge is -2.34. The summed E-state index contributed by atoms with van der Waals surface area (Å²) in [5.41, 5.74) is 2.28. The molecule has 0 bridgehead atoms. The lowest BCUT2D eigenvalue weighted by molar-refractivity contribution is -0.384. The number of amides is 1. The molecule has 0 saturated heterocycles. The van der Waals surface area contributed by atoms with E-state index in [9.17, 15) is 14.9 Å². The molecule has 2 aromatic rings. The summed E-state index contributed by atoms with van der Waals surface area (Å²) in [4.78, 5) is 26.8. The number of thiophene rings is 1. The number of fused-ring (bicyclic) bond motifs is 1. The van der Waals surface area contributed by atoms with Crippen molar-refractivity contribution in [3.63, 3.8) is 0 Å². The van der Waals surface area contributed by atoms with Gasteiger partial charge in [-0.1, -0.05) is 13.0 Å². The van der Waals surface area contributed by atoms with E-state index in [1.165, 1.54) is 16.5 Å². The van der Waals surface area contributed by atoms with E-state index >= 15 is 0 Å². The van der Waals surface area contributed by atoms with Crippen LogP contribution in [-0.2, 0) is 11.2 Å². The Bertz CT molecular complexity index is 803. The number of hydrogen-bond acceptors (Lipinski definition) is 5. The van der Waals surface area contributed by atoms with Crippen molar-refractivity contribution in [1.29, 1.82) is 0 Å². The Morgan fingerprint density at radius 3 is 2.96 bits per heavy atom. The van der Waals surface area contributed by atoms with Gasteiger partial charge in [-0.05, 0) is 48.4 Å². The number of nitrogens with zero attached hydrogens (tertiary/aromatic N) is 2. The Balaban J connectivity index is 1.72. The van der Waals surface area contributed by atoms with Crippen LogP contribution in [0, 0.1) is 17.0 Å². The fourth-order valence-corrected chi connectivity index (χ4v) is 4.32. The second kappa shape index (κ2) is 7.33. The Morgan fingerprint density at radius 2 is 2.24 bits per heavy atom. The zero-order valence-corrected chi connectivity index (χ0v) is 15.1. The van der Waals surface area contributed by atoms with Crippen molar-refractivity contribution in [2.75, 3.05) is 18.4 Å². The standard InChI is InChI=1S/C18H21N3O3S/c1-3-15-13-7-9-25-17(13)6-8-20(15)11-18(22)19-14-5-4-12(2)10-16(14)21(23)24/h4-5,7,9-10,15H,3,6,8,11H2,1-2H3,(H,19,22). The van der Waals surface area contributed by atoms with Crippen molar-refractivity contribution in [3.05, 3.63) is 55.8 Å². The maximum Gasteiger partial charge on any atom is 0.293 e. The largest absolute Gasteiger partial charge is 0.319 e. The van der Waals surface area contributed by atoms with Crippen LogP contribution in [0.5, 0.6) is 0 Å². The first-order valence-electron chi connectivity index (χ1n) is 8.34. The maximum atomic E-state index is 12.5. The van der Waals surface area contributed by atoms with Gasteiger partial charge in [-0.2, -0.15) is 0 Å². The molecule has 0 aliphatic carbocycles. The van der Waals surface area contributed by atoms with Gasteiger partial charge in [-0.25, -0.2) is 0 Å². The first-order valence-corrected chi connectivity index (χ1v) is 9.22. The average molecular weight is 359 g/mol. The molecule has 0 radical (unpaired) electrons. The first-order chi connectivity index (χ1) is 12.0. The topological polar surface area (TPSA) is 75.5 Å². The van der Waals surface area contributed by atoms with Crippen LogP contribution >= 0.6 is 11.3 Å². The molecule has 1 unspecified atom stereocenters. The molecule has 1 amide bonds. The van der Waals surface area contributed by atoms with E-state index in [4.69, 9.17) is 0 Å². The van der Waals surface area contributed by atoms with Crippen LogP contribution in [0.25, 0.3) is 0 Å². The van der Waals surface area contributed by atoms with Gasteiger partial charge in [0, 0.05) is 23.5 Å². The number of aryl methyl sites for hydroxylation is 1. The van der Waals surface area contributed by atoms with Crippen LogP contribution < -0.4 is 5.32 Å². The first kappa shape index (κ1) is 17.6. The van der Waals surface area contributed by atoms with Crippen molar-refractivity contribution in [3.8, 4) is 0 Å². The quantitative estimate of drug-likeness (QED) is 0.649. The van der Waals surface area contributed by atoms with Crippen LogP contribution in [0.4, 0.5) is 11.4 Å². The fraction of sp³-hybridized carbons (Fsp3) is 0.389. The van der Waals surface area contributed by atoms with Crippen LogP contribution in [0.15, 0.2) is 29.6 Å². The Hall–Kier alpha value is -2.25. The van der Waals surface area contributed by atoms with E-state index in [1.807, 2.05) is 0 Å². The molecule has 1 atom stereocenters. The van der Waals surface area contributed by atoms with E-state index in [0.29, 0.717) is 0 Å². The Morgan fingerprint density at radius 1 is 1.44 bits per heavy atom. The minimum Gasteiger partial charge on any atom is -0.319 e. The zero-order valence-electron chi connectivity index (χ0n) is 14.3. The minimum absolute atomic E-state index is 0.0702. The summed E-state index contributed by atoms with van der Waals surface area (Å²) < 4.78 is 0. The molecule has 1 aliphatic heterocycles. The fourth-order valence-electron chi connectivity index (χ4n) is 3.39. The summed E-state index contributed by atoms with van der Waals surface area (Å²) in [6.07, 6.45) is 1.88. The van der Waals surface area contributed by atoms with Crippen LogP contribution in [0.1, 0.15) is 35.4 Å². The van der Waals surface area contributed by atoms with Gasteiger partial charge < -0.3 is 5.32 Å². The smallest absolute Gasteiger partial charge is 0.293 e. The second-order valence-electron chi connectivity index (χ2n) is 6.27. The molecule has 6 nitrogen and oxygen atoms in total. The number of carbonyl (C=O) groups is 1. The number of carbonyl (C=O) groups excluding carboxylic acids is 1. The maximum absolute atomic E-state index is 12.5. The summed E-state index contributed by atoms with van der Waals surface area (Å²) in [6, 6.07) is 7.20. The van der Waals surface area contributed by atoms with Gasteiger partial charge in [0.05, 0.1) is 11.5 Å². The lowest BCUT2D eigenvalue weighted by atomic mass is 9.98. The molecule has 7 heteroatoms. The molecule has 0 saturated carbocycles. The molecule has 25 heavy (non-hydrogen) atoms. The number of hydrogen-bond donors (Lipinski definition) is 1. The molecule has 3 rings (SSSR count). The average Bonchev–Trinajstić information content (AvgIpc) is 3.04. The number of anilines is 1. The Kier molecular flexibility index (Phi) is 5.15. The summed E-state index contributed by atoms with van der Waals surface area (Å²) in [7, 11) is 0. The second-order valence-corrected chi connectivity index (χ2v) is 7.27. The van der Waals surface area contributed by atoms with Gasteiger partial charge in [0.1, 0.15) is 5.69 Å². The third-order valence-electron chi connectivity index (χ3n) is 4.56. The van der Waals surface area contributed by atoms with Crippen molar-refractivity contribution < 1.29 is 9.72 Å². The molecule has 0 spiro atoms. The minimum atomic E-state index is -0.462. The van der Waals surface area contributed by atoms with E-state index in [1.54, 1.807) is 30.4 Å². The summed E-state index contributed by atoms with van der Waals surface area (Å²) in [5, 5.41) is 16.0. The number of rotatable bonds is 5. The molecule has 1 aromatic carbocycles. The number of nitro groups is 1. The van der Waals surface area contributed by atoms with Crippen molar-refractivity contribution in [2.45, 2.75) is 32.7 Å². The van der Waals surface area contributed by atoms with Gasteiger partial charge >= 0.3 is 0 Å². The highest BCUT2D eigenvalue weighted by Crippen LogP contribution is 2.35. The van der Waals surface area contributed by atoms with E-state index < -0.39 is 4.92 Å².